The van der Waals surface area contributed by atoms with Crippen molar-refractivity contribution in [1.29, 1.82) is 0 Å². The number of carbonyl (C=O) groups excluding carboxylic acids is 2. The largest absolute Gasteiger partial charge is 0.356 e. The third kappa shape index (κ3) is 5.13. The molecule has 1 heterocycles. The number of nitrogens with one attached hydrogen (secondary N) is 2. The smallest absolute Gasteiger partial charge is 0.264 e. The van der Waals surface area contributed by atoms with E-state index in [0.717, 1.165) is 9.87 Å². The Balaban J connectivity index is 1.71. The van der Waals surface area contributed by atoms with Gasteiger partial charge in [-0.1, -0.05) is 53.5 Å². The Kier molecular flexibility index (Phi) is 7.02. The summed E-state index contributed by atoms with van der Waals surface area (Å²) in [5.41, 5.74) is 1.06. The molecule has 0 aromatic heterocycles. The van der Waals surface area contributed by atoms with Crippen LogP contribution in [0.5, 0.6) is 0 Å². The Morgan fingerprint density at radius 3 is 2.53 bits per heavy atom. The van der Waals surface area contributed by atoms with E-state index in [1.807, 2.05) is 30.3 Å². The molecule has 30 heavy (non-hydrogen) atoms. The van der Waals surface area contributed by atoms with Crippen molar-refractivity contribution in [2.24, 2.45) is 0 Å². The van der Waals surface area contributed by atoms with E-state index in [0.29, 0.717) is 13.0 Å². The summed E-state index contributed by atoms with van der Waals surface area (Å²) in [5.74, 6) is -1.03. The summed E-state index contributed by atoms with van der Waals surface area (Å²) in [6.45, 7) is 0.368. The van der Waals surface area contributed by atoms with Crippen LogP contribution in [-0.4, -0.2) is 37.1 Å². The van der Waals surface area contributed by atoms with Crippen LogP contribution in [0.25, 0.3) is 0 Å². The highest BCUT2D eigenvalue weighted by Crippen LogP contribution is 2.28. The van der Waals surface area contributed by atoms with Gasteiger partial charge in [0.2, 0.25) is 11.8 Å². The van der Waals surface area contributed by atoms with Crippen molar-refractivity contribution in [3.05, 3.63) is 76.5 Å². The normalized spacial score (nSPS) is 16.3. The van der Waals surface area contributed by atoms with Gasteiger partial charge < -0.3 is 10.6 Å². The first-order chi connectivity index (χ1) is 14.3. The van der Waals surface area contributed by atoms with Crippen LogP contribution >= 0.6 is 23.2 Å². The van der Waals surface area contributed by atoms with Gasteiger partial charge in [-0.05, 0) is 30.2 Å². The second kappa shape index (κ2) is 9.51. The molecule has 0 spiro atoms. The molecule has 1 aliphatic heterocycles. The van der Waals surface area contributed by atoms with E-state index < -0.39 is 27.9 Å². The predicted molar refractivity (Wildman–Crippen MR) is 114 cm³/mol. The molecule has 1 aliphatic rings. The molecule has 1 atom stereocenters. The maximum absolute atomic E-state index is 13.0. The number of hydrogen-bond acceptors (Lipinski definition) is 4. The number of rotatable bonds is 7. The zero-order valence-corrected chi connectivity index (χ0v) is 18.0. The summed E-state index contributed by atoms with van der Waals surface area (Å²) < 4.78 is 27.0. The lowest BCUT2D eigenvalue weighted by atomic mass is 10.1. The van der Waals surface area contributed by atoms with Gasteiger partial charge in [0.15, 0.2) is 0 Å². The van der Waals surface area contributed by atoms with Gasteiger partial charge in [0.25, 0.3) is 10.0 Å². The lowest BCUT2D eigenvalue weighted by molar-refractivity contribution is -0.129. The monoisotopic (exact) mass is 467 g/mol. The number of carbonyl (C=O) groups is 2. The molecule has 158 valence electrons. The number of sulfonamides is 1. The van der Waals surface area contributed by atoms with E-state index in [2.05, 4.69) is 10.6 Å². The second-order valence-electron chi connectivity index (χ2n) is 6.54. The molecule has 0 saturated carbocycles. The first-order valence-electron chi connectivity index (χ1n) is 9.05. The van der Waals surface area contributed by atoms with E-state index in [-0.39, 0.29) is 21.4 Å². The fourth-order valence-corrected chi connectivity index (χ4v) is 4.78. The van der Waals surface area contributed by atoms with Gasteiger partial charge in [0.1, 0.15) is 6.04 Å². The third-order valence-electron chi connectivity index (χ3n) is 4.48. The van der Waals surface area contributed by atoms with Crippen LogP contribution in [0.2, 0.25) is 10.0 Å². The molecule has 2 N–H and O–H groups in total. The highest BCUT2D eigenvalue weighted by molar-refractivity contribution is 7.89. The minimum Gasteiger partial charge on any atom is -0.356 e. The lowest BCUT2D eigenvalue weighted by Crippen LogP contribution is -2.51. The molecule has 0 fully saturated rings. The molecule has 2 aromatic carbocycles. The van der Waals surface area contributed by atoms with Gasteiger partial charge in [-0.2, -0.15) is 0 Å². The highest BCUT2D eigenvalue weighted by Gasteiger charge is 2.37. The summed E-state index contributed by atoms with van der Waals surface area (Å²) in [7, 11) is -4.13. The van der Waals surface area contributed by atoms with Crippen molar-refractivity contribution < 1.29 is 18.0 Å². The quantitative estimate of drug-likeness (QED) is 0.654. The summed E-state index contributed by atoms with van der Waals surface area (Å²) >= 11 is 11.8. The Morgan fingerprint density at radius 2 is 1.83 bits per heavy atom. The maximum Gasteiger partial charge on any atom is 0.264 e. The van der Waals surface area contributed by atoms with Crippen LogP contribution in [0, 0.1) is 0 Å². The summed E-state index contributed by atoms with van der Waals surface area (Å²) in [6, 6.07) is 12.2. The molecule has 0 radical (unpaired) electrons. The number of benzene rings is 2. The van der Waals surface area contributed by atoms with Crippen LogP contribution in [-0.2, 0) is 26.0 Å². The van der Waals surface area contributed by atoms with Crippen LogP contribution in [0.4, 0.5) is 0 Å². The molecule has 0 bridgehead atoms. The molecular formula is C20H19Cl2N3O4S. The molecular weight excluding hydrogens is 449 g/mol. The van der Waals surface area contributed by atoms with Crippen molar-refractivity contribution in [1.82, 2.24) is 14.9 Å². The van der Waals surface area contributed by atoms with Crippen LogP contribution in [0.1, 0.15) is 12.0 Å². The molecule has 0 aliphatic carbocycles. The first-order valence-corrected chi connectivity index (χ1v) is 11.2. The molecule has 10 heteroatoms. The minimum atomic E-state index is -4.13. The van der Waals surface area contributed by atoms with Crippen molar-refractivity contribution >= 4 is 45.0 Å². The van der Waals surface area contributed by atoms with E-state index in [1.54, 1.807) is 0 Å². The standard InChI is InChI=1S/C20H19Cl2N3O4S/c21-16-7-6-15(12-17(16)22)30(28,29)25-11-10-24-20(27)18(25)13-19(26)23-9-8-14-4-2-1-3-5-14/h1-7,10-12,18H,8-9,13H2,(H,23,26)(H,24,27)/t18-/m1/s1. The Morgan fingerprint density at radius 1 is 1.10 bits per heavy atom. The second-order valence-corrected chi connectivity index (χ2v) is 9.20. The molecule has 2 aromatic rings. The van der Waals surface area contributed by atoms with Crippen molar-refractivity contribution in [2.75, 3.05) is 6.54 Å². The van der Waals surface area contributed by atoms with Crippen molar-refractivity contribution in [3.8, 4) is 0 Å². The van der Waals surface area contributed by atoms with Crippen molar-refractivity contribution in [3.63, 3.8) is 0 Å². The Hall–Kier alpha value is -2.55. The summed E-state index contributed by atoms with van der Waals surface area (Å²) in [5, 5.41) is 5.44. The Labute approximate surface area is 184 Å². The van der Waals surface area contributed by atoms with E-state index in [4.69, 9.17) is 23.2 Å². The van der Waals surface area contributed by atoms with Gasteiger partial charge in [0, 0.05) is 18.9 Å². The van der Waals surface area contributed by atoms with E-state index in [9.17, 15) is 18.0 Å². The SMILES string of the molecule is O=C(C[C@@H]1C(=O)NC=CN1S(=O)(=O)c1ccc(Cl)c(Cl)c1)NCCc1ccccc1. The lowest BCUT2D eigenvalue weighted by Gasteiger charge is -2.31. The third-order valence-corrected chi connectivity index (χ3v) is 7.00. The van der Waals surface area contributed by atoms with Gasteiger partial charge in [-0.3, -0.25) is 13.9 Å². The first kappa shape index (κ1) is 22.1. The van der Waals surface area contributed by atoms with Gasteiger partial charge in [-0.25, -0.2) is 8.42 Å². The number of nitrogens with zero attached hydrogens (tertiary/aromatic N) is 1. The highest BCUT2D eigenvalue weighted by atomic mass is 35.5. The molecule has 0 saturated heterocycles. The minimum absolute atomic E-state index is 0.0680. The topological polar surface area (TPSA) is 95.6 Å². The zero-order valence-electron chi connectivity index (χ0n) is 15.7. The molecule has 7 nitrogen and oxygen atoms in total. The molecule has 3 rings (SSSR count). The number of amides is 2. The zero-order chi connectivity index (χ0) is 21.7. The van der Waals surface area contributed by atoms with Gasteiger partial charge in [-0.15, -0.1) is 0 Å². The van der Waals surface area contributed by atoms with Crippen molar-refractivity contribution in [2.45, 2.75) is 23.8 Å². The average molecular weight is 468 g/mol. The van der Waals surface area contributed by atoms with Crippen LogP contribution in [0.3, 0.4) is 0 Å². The molecule has 2 amide bonds. The molecule has 0 unspecified atom stereocenters. The predicted octanol–water partition coefficient (Wildman–Crippen LogP) is 2.70. The fraction of sp³-hybridized carbons (Fsp3) is 0.200. The van der Waals surface area contributed by atoms with E-state index >= 15 is 0 Å². The van der Waals surface area contributed by atoms with Gasteiger partial charge >= 0.3 is 0 Å². The number of hydrogen-bond donors (Lipinski definition) is 2. The maximum atomic E-state index is 13.0. The number of halogens is 2. The summed E-state index contributed by atoms with van der Waals surface area (Å²) in [4.78, 5) is 24.6. The van der Waals surface area contributed by atoms with E-state index in [1.165, 1.54) is 30.6 Å². The Bertz CT molecular complexity index is 1070. The van der Waals surface area contributed by atoms with Crippen LogP contribution in [0.15, 0.2) is 65.8 Å². The van der Waals surface area contributed by atoms with Crippen LogP contribution < -0.4 is 10.6 Å². The van der Waals surface area contributed by atoms with Gasteiger partial charge in [0.05, 0.1) is 21.4 Å². The average Bonchev–Trinajstić information content (AvgIpc) is 2.72. The summed E-state index contributed by atoms with van der Waals surface area (Å²) in [6.07, 6.45) is 2.71. The fourth-order valence-electron chi connectivity index (χ4n) is 2.94.